The molecule has 2 amide bonds. The van der Waals surface area contributed by atoms with Gasteiger partial charge in [0.15, 0.2) is 0 Å². The van der Waals surface area contributed by atoms with Gasteiger partial charge in [0.1, 0.15) is 18.4 Å². The number of likely N-dealkylation sites (N-methyl/N-ethyl adjacent to an activating group) is 1. The highest BCUT2D eigenvalue weighted by atomic mass is 35.5. The van der Waals surface area contributed by atoms with Crippen molar-refractivity contribution in [2.24, 2.45) is 0 Å². The minimum absolute atomic E-state index is 0.153. The minimum atomic E-state index is -3.88. The van der Waals surface area contributed by atoms with Crippen LogP contribution >= 0.6 is 11.6 Å². The van der Waals surface area contributed by atoms with Crippen LogP contribution in [0.15, 0.2) is 78.9 Å². The van der Waals surface area contributed by atoms with E-state index in [-0.39, 0.29) is 24.2 Å². The van der Waals surface area contributed by atoms with Crippen LogP contribution in [-0.4, -0.2) is 51.0 Å². The molecule has 0 bridgehead atoms. The third kappa shape index (κ3) is 7.05. The monoisotopic (exact) mass is 531 g/mol. The minimum Gasteiger partial charge on any atom is -0.357 e. The molecular formula is C26H27ClFN3O4S. The van der Waals surface area contributed by atoms with Crippen LogP contribution in [0, 0.1) is 5.82 Å². The van der Waals surface area contributed by atoms with Gasteiger partial charge in [0.05, 0.1) is 11.9 Å². The number of halogens is 2. The van der Waals surface area contributed by atoms with E-state index in [1.165, 1.54) is 54.4 Å². The van der Waals surface area contributed by atoms with Crippen molar-refractivity contribution in [3.05, 3.63) is 101 Å². The fraction of sp³-hybridized carbons (Fsp3) is 0.231. The number of hydrogen-bond acceptors (Lipinski definition) is 4. The zero-order chi connectivity index (χ0) is 26.3. The molecule has 1 atom stereocenters. The van der Waals surface area contributed by atoms with Crippen LogP contribution in [-0.2, 0) is 32.6 Å². The Morgan fingerprint density at radius 2 is 1.58 bits per heavy atom. The molecule has 3 aromatic rings. The van der Waals surface area contributed by atoms with Crippen molar-refractivity contribution in [1.82, 2.24) is 10.2 Å². The van der Waals surface area contributed by atoms with Gasteiger partial charge in [-0.1, -0.05) is 60.1 Å². The SMILES string of the molecule is CNC(=O)[C@H](Cc1ccccc1)N(Cc1ccccc1F)C(=O)CN(c1ccc(Cl)cc1)S(C)(=O)=O. The lowest BCUT2D eigenvalue weighted by molar-refractivity contribution is -0.139. The molecule has 0 heterocycles. The topological polar surface area (TPSA) is 86.8 Å². The summed E-state index contributed by atoms with van der Waals surface area (Å²) in [5, 5.41) is 2.97. The Balaban J connectivity index is 2.03. The molecule has 0 unspecified atom stereocenters. The molecule has 0 spiro atoms. The Morgan fingerprint density at radius 3 is 2.17 bits per heavy atom. The molecular weight excluding hydrogens is 505 g/mol. The van der Waals surface area contributed by atoms with Gasteiger partial charge in [0, 0.05) is 30.6 Å². The number of hydrogen-bond donors (Lipinski definition) is 1. The molecule has 36 heavy (non-hydrogen) atoms. The summed E-state index contributed by atoms with van der Waals surface area (Å²) >= 11 is 5.94. The van der Waals surface area contributed by atoms with Crippen LogP contribution in [0.4, 0.5) is 10.1 Å². The number of amides is 2. The molecule has 0 fully saturated rings. The van der Waals surface area contributed by atoms with E-state index >= 15 is 0 Å². The van der Waals surface area contributed by atoms with Gasteiger partial charge < -0.3 is 10.2 Å². The smallest absolute Gasteiger partial charge is 0.244 e. The first-order valence-electron chi connectivity index (χ1n) is 11.1. The third-order valence-corrected chi connectivity index (χ3v) is 7.00. The van der Waals surface area contributed by atoms with Crippen molar-refractivity contribution < 1.29 is 22.4 Å². The molecule has 0 aromatic heterocycles. The quantitative estimate of drug-likeness (QED) is 0.433. The van der Waals surface area contributed by atoms with Crippen molar-refractivity contribution in [3.63, 3.8) is 0 Å². The predicted molar refractivity (Wildman–Crippen MR) is 139 cm³/mol. The van der Waals surface area contributed by atoms with Crippen LogP contribution in [0.3, 0.4) is 0 Å². The van der Waals surface area contributed by atoms with E-state index in [2.05, 4.69) is 5.32 Å². The number of benzene rings is 3. The first-order chi connectivity index (χ1) is 17.1. The summed E-state index contributed by atoms with van der Waals surface area (Å²) in [5.74, 6) is -1.66. The molecule has 0 aliphatic carbocycles. The molecule has 3 aromatic carbocycles. The average Bonchev–Trinajstić information content (AvgIpc) is 2.85. The van der Waals surface area contributed by atoms with Gasteiger partial charge in [0.2, 0.25) is 21.8 Å². The van der Waals surface area contributed by atoms with Crippen molar-refractivity contribution >= 4 is 39.1 Å². The molecule has 0 aliphatic heterocycles. The summed E-state index contributed by atoms with van der Waals surface area (Å²) in [6.07, 6.45) is 1.14. The van der Waals surface area contributed by atoms with E-state index in [4.69, 9.17) is 11.6 Å². The Bertz CT molecular complexity index is 1300. The van der Waals surface area contributed by atoms with Gasteiger partial charge in [-0.3, -0.25) is 13.9 Å². The number of nitrogens with zero attached hydrogens (tertiary/aromatic N) is 2. The summed E-state index contributed by atoms with van der Waals surface area (Å²) in [4.78, 5) is 27.9. The summed E-state index contributed by atoms with van der Waals surface area (Å²) in [5.41, 5.74) is 1.22. The lowest BCUT2D eigenvalue weighted by atomic mass is 10.0. The van der Waals surface area contributed by atoms with Crippen LogP contribution in [0.25, 0.3) is 0 Å². The zero-order valence-electron chi connectivity index (χ0n) is 19.9. The highest BCUT2D eigenvalue weighted by Gasteiger charge is 2.33. The molecule has 190 valence electrons. The Labute approximate surface area is 215 Å². The molecule has 10 heteroatoms. The standard InChI is InChI=1S/C26H27ClFN3O4S/c1-29-26(33)24(16-19-8-4-3-5-9-19)30(17-20-10-6-7-11-23(20)28)25(32)18-31(36(2,34)35)22-14-12-21(27)13-15-22/h3-15,24H,16-18H2,1-2H3,(H,29,33)/t24-/m0/s1. The summed E-state index contributed by atoms with van der Waals surface area (Å²) in [7, 11) is -2.44. The maximum absolute atomic E-state index is 14.6. The van der Waals surface area contributed by atoms with E-state index in [0.29, 0.717) is 5.02 Å². The van der Waals surface area contributed by atoms with Gasteiger partial charge >= 0.3 is 0 Å². The molecule has 3 rings (SSSR count). The number of carbonyl (C=O) groups is 2. The fourth-order valence-electron chi connectivity index (χ4n) is 3.75. The molecule has 1 N–H and O–H groups in total. The van der Waals surface area contributed by atoms with Gasteiger partial charge in [-0.05, 0) is 35.9 Å². The van der Waals surface area contributed by atoms with Gasteiger partial charge in [-0.2, -0.15) is 0 Å². The first kappa shape index (κ1) is 27.2. The van der Waals surface area contributed by atoms with Crippen LogP contribution in [0.5, 0.6) is 0 Å². The molecule has 0 saturated carbocycles. The fourth-order valence-corrected chi connectivity index (χ4v) is 4.73. The van der Waals surface area contributed by atoms with E-state index in [1.54, 1.807) is 6.07 Å². The van der Waals surface area contributed by atoms with Crippen LogP contribution in [0.2, 0.25) is 5.02 Å². The Kier molecular flexibility index (Phi) is 9.06. The van der Waals surface area contributed by atoms with Crippen LogP contribution in [0.1, 0.15) is 11.1 Å². The van der Waals surface area contributed by atoms with E-state index in [1.807, 2.05) is 30.3 Å². The summed E-state index contributed by atoms with van der Waals surface area (Å²) in [6.45, 7) is -0.814. The van der Waals surface area contributed by atoms with E-state index < -0.39 is 40.2 Å². The first-order valence-corrected chi connectivity index (χ1v) is 13.3. The molecule has 0 radical (unpaired) electrons. The molecule has 0 aliphatic rings. The maximum Gasteiger partial charge on any atom is 0.244 e. The average molecular weight is 532 g/mol. The van der Waals surface area contributed by atoms with Crippen molar-refractivity contribution in [2.75, 3.05) is 24.2 Å². The highest BCUT2D eigenvalue weighted by molar-refractivity contribution is 7.92. The van der Waals surface area contributed by atoms with Crippen LogP contribution < -0.4 is 9.62 Å². The maximum atomic E-state index is 14.6. The highest BCUT2D eigenvalue weighted by Crippen LogP contribution is 2.22. The lowest BCUT2D eigenvalue weighted by Crippen LogP contribution is -2.53. The predicted octanol–water partition coefficient (Wildman–Crippen LogP) is 3.63. The number of carbonyl (C=O) groups excluding carboxylic acids is 2. The number of anilines is 1. The van der Waals surface area contributed by atoms with E-state index in [9.17, 15) is 22.4 Å². The zero-order valence-corrected chi connectivity index (χ0v) is 21.5. The molecule has 0 saturated heterocycles. The van der Waals surface area contributed by atoms with Crippen molar-refractivity contribution in [3.8, 4) is 0 Å². The van der Waals surface area contributed by atoms with Gasteiger partial charge in [0.25, 0.3) is 0 Å². The normalized spacial score (nSPS) is 12.0. The third-order valence-electron chi connectivity index (χ3n) is 5.61. The second-order valence-corrected chi connectivity index (χ2v) is 10.5. The van der Waals surface area contributed by atoms with E-state index in [0.717, 1.165) is 16.1 Å². The Morgan fingerprint density at radius 1 is 0.972 bits per heavy atom. The van der Waals surface area contributed by atoms with Crippen molar-refractivity contribution in [1.29, 1.82) is 0 Å². The second kappa shape index (κ2) is 12.0. The van der Waals surface area contributed by atoms with Crippen molar-refractivity contribution in [2.45, 2.75) is 19.0 Å². The second-order valence-electron chi connectivity index (χ2n) is 8.18. The van der Waals surface area contributed by atoms with Gasteiger partial charge in [-0.15, -0.1) is 0 Å². The lowest BCUT2D eigenvalue weighted by Gasteiger charge is -2.33. The summed E-state index contributed by atoms with van der Waals surface area (Å²) < 4.78 is 40.8. The largest absolute Gasteiger partial charge is 0.357 e. The molecule has 7 nitrogen and oxygen atoms in total. The number of sulfonamides is 1. The van der Waals surface area contributed by atoms with Gasteiger partial charge in [-0.25, -0.2) is 12.8 Å². The summed E-state index contributed by atoms with van der Waals surface area (Å²) in [6, 6.07) is 20.0. The number of nitrogens with one attached hydrogen (secondary N) is 1. The number of rotatable bonds is 10. The Hall–Kier alpha value is -3.43.